The normalized spacial score (nSPS) is 10.4. The van der Waals surface area contributed by atoms with E-state index in [2.05, 4.69) is 0 Å². The first-order chi connectivity index (χ1) is 7.66. The van der Waals surface area contributed by atoms with E-state index in [0.717, 1.165) is 25.0 Å². The van der Waals surface area contributed by atoms with Gasteiger partial charge in [0.05, 0.1) is 5.56 Å². The van der Waals surface area contributed by atoms with E-state index in [9.17, 15) is 13.6 Å². The molecule has 0 N–H and O–H groups in total. The summed E-state index contributed by atoms with van der Waals surface area (Å²) >= 11 is 0. The van der Waals surface area contributed by atoms with Gasteiger partial charge >= 0.3 is 0 Å². The van der Waals surface area contributed by atoms with Crippen LogP contribution in [0.5, 0.6) is 0 Å². The number of carbonyl (C=O) groups is 1. The second-order valence-corrected chi connectivity index (χ2v) is 3.43. The fraction of sp³-hybridized carbons (Fsp3) is 0.417. The molecule has 16 heavy (non-hydrogen) atoms. The summed E-state index contributed by atoms with van der Waals surface area (Å²) < 4.78 is 31.3. The van der Waals surface area contributed by atoms with E-state index in [-0.39, 0.29) is 6.61 Å². The summed E-state index contributed by atoms with van der Waals surface area (Å²) in [6.45, 7) is 2.14. The molecule has 0 aliphatic carbocycles. The van der Waals surface area contributed by atoms with Gasteiger partial charge in [-0.3, -0.25) is 4.79 Å². The van der Waals surface area contributed by atoms with Crippen LogP contribution in [0.25, 0.3) is 0 Å². The summed E-state index contributed by atoms with van der Waals surface area (Å²) in [7, 11) is 0. The molecule has 88 valence electrons. The number of carbonyl (C=O) groups excluding carboxylic acids is 1. The molecule has 0 aromatic heterocycles. The van der Waals surface area contributed by atoms with Crippen LogP contribution < -0.4 is 0 Å². The Morgan fingerprint density at radius 3 is 2.50 bits per heavy atom. The number of hydrogen-bond acceptors (Lipinski definition) is 2. The number of rotatable bonds is 6. The van der Waals surface area contributed by atoms with Crippen molar-refractivity contribution in [3.63, 3.8) is 0 Å². The third-order valence-corrected chi connectivity index (χ3v) is 2.12. The number of Topliss-reactive ketones (excluding diaryl/α,β-unsaturated/α-hetero) is 1. The van der Waals surface area contributed by atoms with E-state index < -0.39 is 23.0 Å². The number of ketones is 1. The van der Waals surface area contributed by atoms with Crippen LogP contribution in [0.3, 0.4) is 0 Å². The van der Waals surface area contributed by atoms with Crippen LogP contribution in [0.4, 0.5) is 8.78 Å². The van der Waals surface area contributed by atoms with Gasteiger partial charge in [0.25, 0.3) is 0 Å². The summed E-state index contributed by atoms with van der Waals surface area (Å²) in [5.41, 5.74) is -0.515. The van der Waals surface area contributed by atoms with Gasteiger partial charge in [-0.15, -0.1) is 0 Å². The van der Waals surface area contributed by atoms with Crippen LogP contribution in [0.2, 0.25) is 0 Å². The molecular weight excluding hydrogens is 214 g/mol. The summed E-state index contributed by atoms with van der Waals surface area (Å²) in [5, 5.41) is 0. The maximum absolute atomic E-state index is 13.2. The summed E-state index contributed by atoms with van der Waals surface area (Å²) in [5.74, 6) is -2.35. The van der Waals surface area contributed by atoms with Crippen molar-refractivity contribution in [1.29, 1.82) is 0 Å². The van der Waals surface area contributed by atoms with Crippen LogP contribution in [0.1, 0.15) is 30.1 Å². The Labute approximate surface area is 93.2 Å². The molecular formula is C12H14F2O2. The molecule has 0 aliphatic heterocycles. The van der Waals surface area contributed by atoms with Crippen molar-refractivity contribution in [2.45, 2.75) is 19.8 Å². The molecule has 0 spiro atoms. The van der Waals surface area contributed by atoms with E-state index in [1.54, 1.807) is 0 Å². The van der Waals surface area contributed by atoms with Gasteiger partial charge in [0.15, 0.2) is 5.78 Å². The van der Waals surface area contributed by atoms with E-state index in [1.807, 2.05) is 6.92 Å². The first kappa shape index (κ1) is 12.8. The van der Waals surface area contributed by atoms with Crippen LogP contribution in [-0.4, -0.2) is 19.0 Å². The summed E-state index contributed by atoms with van der Waals surface area (Å²) in [6, 6.07) is 3.34. The molecule has 0 radical (unpaired) electrons. The molecule has 1 aromatic carbocycles. The molecule has 0 aliphatic rings. The number of ether oxygens (including phenoxy) is 1. The summed E-state index contributed by atoms with van der Waals surface area (Å²) in [6.07, 6.45) is 1.77. The maximum Gasteiger partial charge on any atom is 0.194 e. The topological polar surface area (TPSA) is 26.3 Å². The fourth-order valence-corrected chi connectivity index (χ4v) is 1.25. The van der Waals surface area contributed by atoms with Crippen LogP contribution in [0, 0.1) is 11.6 Å². The van der Waals surface area contributed by atoms with Crippen molar-refractivity contribution < 1.29 is 18.3 Å². The molecule has 0 atom stereocenters. The molecule has 1 rings (SSSR count). The highest BCUT2D eigenvalue weighted by Crippen LogP contribution is 2.12. The van der Waals surface area contributed by atoms with Gasteiger partial charge in [-0.05, 0) is 18.6 Å². The highest BCUT2D eigenvalue weighted by molar-refractivity contribution is 5.97. The lowest BCUT2D eigenvalue weighted by atomic mass is 10.1. The highest BCUT2D eigenvalue weighted by atomic mass is 19.1. The molecule has 0 amide bonds. The lowest BCUT2D eigenvalue weighted by Gasteiger charge is -2.04. The Bertz CT molecular complexity index is 344. The Balaban J connectivity index is 2.59. The average molecular weight is 228 g/mol. The average Bonchev–Trinajstić information content (AvgIpc) is 2.24. The monoisotopic (exact) mass is 228 g/mol. The predicted molar refractivity (Wildman–Crippen MR) is 56.4 cm³/mol. The van der Waals surface area contributed by atoms with Crippen molar-refractivity contribution in [2.24, 2.45) is 0 Å². The highest BCUT2D eigenvalue weighted by Gasteiger charge is 2.16. The zero-order chi connectivity index (χ0) is 12.0. The second-order valence-electron chi connectivity index (χ2n) is 3.43. The zero-order valence-electron chi connectivity index (χ0n) is 9.13. The van der Waals surface area contributed by atoms with Gasteiger partial charge in [0.1, 0.15) is 18.2 Å². The van der Waals surface area contributed by atoms with Crippen LogP contribution in [-0.2, 0) is 4.74 Å². The standard InChI is InChI=1S/C12H14F2O2/c1-2-3-7-16-8-11(15)12-9(13)5-4-6-10(12)14/h4-6H,2-3,7-8H2,1H3. The zero-order valence-corrected chi connectivity index (χ0v) is 9.13. The van der Waals surface area contributed by atoms with Gasteiger partial charge in [-0.1, -0.05) is 19.4 Å². The molecule has 1 aromatic rings. The van der Waals surface area contributed by atoms with Gasteiger partial charge in [0, 0.05) is 6.61 Å². The van der Waals surface area contributed by atoms with Crippen molar-refractivity contribution in [3.05, 3.63) is 35.4 Å². The summed E-state index contributed by atoms with van der Waals surface area (Å²) in [4.78, 5) is 11.4. The second kappa shape index (κ2) is 6.33. The Morgan fingerprint density at radius 1 is 1.31 bits per heavy atom. The van der Waals surface area contributed by atoms with E-state index in [1.165, 1.54) is 6.07 Å². The van der Waals surface area contributed by atoms with E-state index >= 15 is 0 Å². The first-order valence-corrected chi connectivity index (χ1v) is 5.21. The SMILES string of the molecule is CCCCOCC(=O)c1c(F)cccc1F. The van der Waals surface area contributed by atoms with Gasteiger partial charge in [-0.2, -0.15) is 0 Å². The largest absolute Gasteiger partial charge is 0.373 e. The third kappa shape index (κ3) is 3.38. The Kier molecular flexibility index (Phi) is 5.05. The molecule has 4 heteroatoms. The Morgan fingerprint density at radius 2 is 1.94 bits per heavy atom. The minimum Gasteiger partial charge on any atom is -0.373 e. The van der Waals surface area contributed by atoms with E-state index in [4.69, 9.17) is 4.74 Å². The molecule has 0 heterocycles. The molecule has 0 unspecified atom stereocenters. The minimum absolute atomic E-state index is 0.280. The smallest absolute Gasteiger partial charge is 0.194 e. The molecule has 0 saturated heterocycles. The van der Waals surface area contributed by atoms with Crippen molar-refractivity contribution in [1.82, 2.24) is 0 Å². The third-order valence-electron chi connectivity index (χ3n) is 2.12. The van der Waals surface area contributed by atoms with Crippen molar-refractivity contribution >= 4 is 5.78 Å². The van der Waals surface area contributed by atoms with Crippen molar-refractivity contribution in [3.8, 4) is 0 Å². The minimum atomic E-state index is -0.843. The lowest BCUT2D eigenvalue weighted by Crippen LogP contribution is -2.13. The predicted octanol–water partition coefficient (Wildman–Crippen LogP) is 2.96. The van der Waals surface area contributed by atoms with Gasteiger partial charge < -0.3 is 4.74 Å². The number of unbranched alkanes of at least 4 members (excludes halogenated alkanes) is 1. The molecule has 2 nitrogen and oxygen atoms in total. The maximum atomic E-state index is 13.2. The molecule has 0 bridgehead atoms. The van der Waals surface area contributed by atoms with Crippen molar-refractivity contribution in [2.75, 3.05) is 13.2 Å². The number of hydrogen-bond donors (Lipinski definition) is 0. The number of halogens is 2. The molecule has 0 fully saturated rings. The van der Waals surface area contributed by atoms with Gasteiger partial charge in [0.2, 0.25) is 0 Å². The van der Waals surface area contributed by atoms with Crippen LogP contribution >= 0.6 is 0 Å². The lowest BCUT2D eigenvalue weighted by molar-refractivity contribution is 0.0746. The fourth-order valence-electron chi connectivity index (χ4n) is 1.25. The van der Waals surface area contributed by atoms with E-state index in [0.29, 0.717) is 6.61 Å². The van der Waals surface area contributed by atoms with Crippen LogP contribution in [0.15, 0.2) is 18.2 Å². The quantitative estimate of drug-likeness (QED) is 0.552. The Hall–Kier alpha value is -1.29. The molecule has 0 saturated carbocycles. The first-order valence-electron chi connectivity index (χ1n) is 5.21. The van der Waals surface area contributed by atoms with Gasteiger partial charge in [-0.25, -0.2) is 8.78 Å². The number of benzene rings is 1.